The van der Waals surface area contributed by atoms with Crippen molar-refractivity contribution in [2.45, 2.75) is 6.54 Å². The van der Waals surface area contributed by atoms with Crippen LogP contribution in [0.25, 0.3) is 0 Å². The first-order chi connectivity index (χ1) is 9.19. The van der Waals surface area contributed by atoms with Crippen molar-refractivity contribution in [1.29, 1.82) is 0 Å². The van der Waals surface area contributed by atoms with Crippen LogP contribution in [0.1, 0.15) is 16.1 Å². The van der Waals surface area contributed by atoms with Gasteiger partial charge in [-0.15, -0.1) is 0 Å². The molecule has 2 rings (SSSR count). The summed E-state index contributed by atoms with van der Waals surface area (Å²) < 4.78 is 0.978. The molecule has 0 bridgehead atoms. The molecule has 1 heterocycles. The number of nitrogens with zero attached hydrogens (tertiary/aromatic N) is 1. The summed E-state index contributed by atoms with van der Waals surface area (Å²) in [4.78, 5) is 16.0. The number of hydrogen-bond acceptors (Lipinski definition) is 4. The quantitative estimate of drug-likeness (QED) is 0.595. The van der Waals surface area contributed by atoms with E-state index in [-0.39, 0.29) is 5.91 Å². The summed E-state index contributed by atoms with van der Waals surface area (Å²) in [5.41, 5.74) is 3.74. The molecule has 98 valence electrons. The molecular weight excluding hydrogens is 308 g/mol. The average molecular weight is 321 g/mol. The van der Waals surface area contributed by atoms with Crippen LogP contribution in [0.3, 0.4) is 0 Å². The smallest absolute Gasteiger partial charge is 0.270 e. The number of halogens is 1. The highest BCUT2D eigenvalue weighted by Gasteiger charge is 2.07. The molecule has 0 aliphatic rings. The topological polar surface area (TPSA) is 80.0 Å². The number of pyridine rings is 1. The van der Waals surface area contributed by atoms with E-state index in [0.717, 1.165) is 10.0 Å². The van der Waals surface area contributed by atoms with Crippen LogP contribution in [0, 0.1) is 0 Å². The van der Waals surface area contributed by atoms with Crippen LogP contribution in [-0.2, 0) is 6.54 Å². The second kappa shape index (κ2) is 6.31. The van der Waals surface area contributed by atoms with E-state index in [1.807, 2.05) is 24.3 Å². The van der Waals surface area contributed by atoms with Crippen molar-refractivity contribution in [3.8, 4) is 0 Å². The molecule has 1 aromatic carbocycles. The normalized spacial score (nSPS) is 10.0. The first-order valence-corrected chi connectivity index (χ1v) is 6.44. The molecule has 4 N–H and O–H groups in total. The Morgan fingerprint density at radius 1 is 1.26 bits per heavy atom. The number of nitrogens with two attached hydrogens (primary N) is 1. The Balaban J connectivity index is 2.01. The molecule has 5 nitrogen and oxygen atoms in total. The molecule has 0 saturated carbocycles. The third kappa shape index (κ3) is 3.77. The first-order valence-electron chi connectivity index (χ1n) is 5.65. The van der Waals surface area contributed by atoms with Gasteiger partial charge in [-0.2, -0.15) is 0 Å². The van der Waals surface area contributed by atoms with Crippen LogP contribution in [-0.4, -0.2) is 10.9 Å². The molecule has 0 aliphatic carbocycles. The second-order valence-corrected chi connectivity index (χ2v) is 4.78. The number of hydrogen-bond donors (Lipinski definition) is 3. The van der Waals surface area contributed by atoms with E-state index in [9.17, 15) is 4.79 Å². The minimum Gasteiger partial charge on any atom is -0.347 e. The second-order valence-electron chi connectivity index (χ2n) is 3.87. The summed E-state index contributed by atoms with van der Waals surface area (Å²) in [6.45, 7) is 0.445. The minimum atomic E-state index is -0.239. The monoisotopic (exact) mass is 320 g/mol. The lowest BCUT2D eigenvalue weighted by Crippen LogP contribution is -2.24. The lowest BCUT2D eigenvalue weighted by molar-refractivity contribution is 0.0946. The maximum absolute atomic E-state index is 11.9. The SMILES string of the molecule is NNc1cccc(C(=O)NCc2cccc(Br)c2)n1. The zero-order chi connectivity index (χ0) is 13.7. The van der Waals surface area contributed by atoms with Crippen LogP contribution in [0.5, 0.6) is 0 Å². The molecule has 0 atom stereocenters. The van der Waals surface area contributed by atoms with Gasteiger partial charge in [0.05, 0.1) is 0 Å². The van der Waals surface area contributed by atoms with Crippen LogP contribution in [0.15, 0.2) is 46.9 Å². The number of hydrazine groups is 1. The van der Waals surface area contributed by atoms with E-state index in [1.54, 1.807) is 18.2 Å². The molecule has 1 aromatic heterocycles. The van der Waals surface area contributed by atoms with Crippen LogP contribution in [0.2, 0.25) is 0 Å². The molecule has 0 saturated heterocycles. The van der Waals surface area contributed by atoms with E-state index in [2.05, 4.69) is 31.7 Å². The molecule has 0 radical (unpaired) electrons. The number of benzene rings is 1. The molecule has 19 heavy (non-hydrogen) atoms. The summed E-state index contributed by atoms with van der Waals surface area (Å²) >= 11 is 3.39. The van der Waals surface area contributed by atoms with Crippen molar-refractivity contribution in [2.75, 3.05) is 5.43 Å². The van der Waals surface area contributed by atoms with Crippen molar-refractivity contribution in [1.82, 2.24) is 10.3 Å². The Morgan fingerprint density at radius 2 is 2.05 bits per heavy atom. The third-order valence-electron chi connectivity index (χ3n) is 2.47. The van der Waals surface area contributed by atoms with Crippen LogP contribution >= 0.6 is 15.9 Å². The van der Waals surface area contributed by atoms with Crippen molar-refractivity contribution >= 4 is 27.7 Å². The molecule has 6 heteroatoms. The number of carbonyl (C=O) groups excluding carboxylic acids is 1. The first kappa shape index (κ1) is 13.5. The minimum absolute atomic E-state index is 0.239. The predicted molar refractivity (Wildman–Crippen MR) is 77.4 cm³/mol. The number of rotatable bonds is 4. The lowest BCUT2D eigenvalue weighted by atomic mass is 10.2. The number of amides is 1. The summed E-state index contributed by atoms with van der Waals surface area (Å²) in [7, 11) is 0. The van der Waals surface area contributed by atoms with E-state index < -0.39 is 0 Å². The lowest BCUT2D eigenvalue weighted by Gasteiger charge is -2.06. The van der Waals surface area contributed by atoms with Gasteiger partial charge in [0.15, 0.2) is 0 Å². The van der Waals surface area contributed by atoms with Gasteiger partial charge in [0.25, 0.3) is 5.91 Å². The van der Waals surface area contributed by atoms with Crippen molar-refractivity contribution in [3.63, 3.8) is 0 Å². The van der Waals surface area contributed by atoms with E-state index in [4.69, 9.17) is 5.84 Å². The molecule has 1 amide bonds. The van der Waals surface area contributed by atoms with E-state index in [0.29, 0.717) is 18.1 Å². The Hall–Kier alpha value is -1.92. The standard InChI is InChI=1S/C13H13BrN4O/c14-10-4-1-3-9(7-10)8-16-13(19)11-5-2-6-12(17-11)18-15/h1-7H,8,15H2,(H,16,19)(H,17,18). The van der Waals surface area contributed by atoms with Crippen molar-refractivity contribution < 1.29 is 4.79 Å². The zero-order valence-corrected chi connectivity index (χ0v) is 11.6. The number of aromatic nitrogens is 1. The molecule has 0 fully saturated rings. The molecule has 0 aliphatic heterocycles. The predicted octanol–water partition coefficient (Wildman–Crippen LogP) is 2.06. The van der Waals surface area contributed by atoms with Gasteiger partial charge in [0.1, 0.15) is 11.5 Å². The van der Waals surface area contributed by atoms with E-state index in [1.165, 1.54) is 0 Å². The van der Waals surface area contributed by atoms with Gasteiger partial charge < -0.3 is 10.7 Å². The Labute approximate surface area is 119 Å². The maximum Gasteiger partial charge on any atom is 0.270 e. The summed E-state index contributed by atoms with van der Waals surface area (Å²) in [6.07, 6.45) is 0. The highest BCUT2D eigenvalue weighted by Crippen LogP contribution is 2.11. The fourth-order valence-electron chi connectivity index (χ4n) is 1.56. The van der Waals surface area contributed by atoms with Gasteiger partial charge in [0, 0.05) is 11.0 Å². The van der Waals surface area contributed by atoms with Crippen LogP contribution in [0.4, 0.5) is 5.82 Å². The van der Waals surface area contributed by atoms with Gasteiger partial charge in [-0.05, 0) is 29.8 Å². The van der Waals surface area contributed by atoms with Gasteiger partial charge in [0.2, 0.25) is 0 Å². The van der Waals surface area contributed by atoms with Gasteiger partial charge in [-0.1, -0.05) is 34.1 Å². The summed E-state index contributed by atoms with van der Waals surface area (Å²) in [5, 5.41) is 2.80. The highest BCUT2D eigenvalue weighted by atomic mass is 79.9. The van der Waals surface area contributed by atoms with Gasteiger partial charge >= 0.3 is 0 Å². The largest absolute Gasteiger partial charge is 0.347 e. The third-order valence-corrected chi connectivity index (χ3v) is 2.96. The Kier molecular flexibility index (Phi) is 4.48. The fraction of sp³-hybridized carbons (Fsp3) is 0.0769. The summed E-state index contributed by atoms with van der Waals surface area (Å²) in [6, 6.07) is 12.8. The van der Waals surface area contributed by atoms with Gasteiger partial charge in [-0.3, -0.25) is 4.79 Å². The average Bonchev–Trinajstić information content (AvgIpc) is 2.45. The van der Waals surface area contributed by atoms with E-state index >= 15 is 0 Å². The number of anilines is 1. The fourth-order valence-corrected chi connectivity index (χ4v) is 2.01. The molecule has 2 aromatic rings. The highest BCUT2D eigenvalue weighted by molar-refractivity contribution is 9.10. The van der Waals surface area contributed by atoms with Crippen molar-refractivity contribution in [2.24, 2.45) is 5.84 Å². The number of carbonyl (C=O) groups is 1. The van der Waals surface area contributed by atoms with Crippen LogP contribution < -0.4 is 16.6 Å². The van der Waals surface area contributed by atoms with Crippen molar-refractivity contribution in [3.05, 3.63) is 58.2 Å². The number of nitrogens with one attached hydrogen (secondary N) is 2. The Bertz CT molecular complexity index is 588. The Morgan fingerprint density at radius 3 is 2.79 bits per heavy atom. The van der Waals surface area contributed by atoms with Gasteiger partial charge in [-0.25, -0.2) is 10.8 Å². The number of nitrogen functional groups attached to an aromatic ring is 1. The molecular formula is C13H13BrN4O. The summed E-state index contributed by atoms with van der Waals surface area (Å²) in [5.74, 6) is 5.47. The maximum atomic E-state index is 11.9. The molecule has 0 spiro atoms. The molecule has 0 unspecified atom stereocenters. The zero-order valence-electron chi connectivity index (χ0n) is 10.1.